The molecule has 1 aliphatic rings. The van der Waals surface area contributed by atoms with Gasteiger partial charge in [0.15, 0.2) is 0 Å². The third-order valence-corrected chi connectivity index (χ3v) is 5.22. The Morgan fingerprint density at radius 2 is 1.97 bits per heavy atom. The van der Waals surface area contributed by atoms with Gasteiger partial charge in [-0.25, -0.2) is 4.98 Å². The van der Waals surface area contributed by atoms with Gasteiger partial charge in [-0.2, -0.15) is 0 Å². The van der Waals surface area contributed by atoms with Gasteiger partial charge in [0.2, 0.25) is 0 Å². The molecule has 0 radical (unpaired) electrons. The Morgan fingerprint density at radius 3 is 2.72 bits per heavy atom. The molecule has 0 bridgehead atoms. The minimum atomic E-state index is -0.134. The largest absolute Gasteiger partial charge is 0.375 e. The lowest BCUT2D eigenvalue weighted by atomic mass is 10.1. The molecule has 7 nitrogen and oxygen atoms in total. The number of hydrogen-bond acceptors (Lipinski definition) is 5. The Hall–Kier alpha value is -3.03. The summed E-state index contributed by atoms with van der Waals surface area (Å²) in [4.78, 5) is 32.2. The minimum absolute atomic E-state index is 0.0544. The fourth-order valence-corrected chi connectivity index (χ4v) is 3.71. The molecule has 4 rings (SSSR count). The van der Waals surface area contributed by atoms with Crippen LogP contribution in [-0.2, 0) is 4.74 Å². The first-order chi connectivity index (χ1) is 14.1. The number of nitrogens with zero attached hydrogens (tertiary/aromatic N) is 3. The lowest BCUT2D eigenvalue weighted by Crippen LogP contribution is -2.39. The Bertz CT molecular complexity index is 1090. The van der Waals surface area contributed by atoms with Crippen LogP contribution in [0.25, 0.3) is 16.6 Å². The summed E-state index contributed by atoms with van der Waals surface area (Å²) in [6, 6.07) is 14.4. The highest BCUT2D eigenvalue weighted by Gasteiger charge is 2.22. The summed E-state index contributed by atoms with van der Waals surface area (Å²) in [6.07, 6.45) is 0.656. The molecule has 3 aromatic rings. The lowest BCUT2D eigenvalue weighted by molar-refractivity contribution is 0.0520. The quantitative estimate of drug-likeness (QED) is 0.735. The second-order valence-corrected chi connectivity index (χ2v) is 7.20. The second-order valence-electron chi connectivity index (χ2n) is 7.20. The maximum atomic E-state index is 12.9. The van der Waals surface area contributed by atoms with Gasteiger partial charge < -0.3 is 15.4 Å². The van der Waals surface area contributed by atoms with Crippen molar-refractivity contribution in [1.82, 2.24) is 14.5 Å². The smallest absolute Gasteiger partial charge is 0.265 e. The maximum absolute atomic E-state index is 12.9. The molecule has 29 heavy (non-hydrogen) atoms. The van der Waals surface area contributed by atoms with E-state index in [1.807, 2.05) is 18.2 Å². The number of benzene rings is 2. The predicted octanol–water partition coefficient (Wildman–Crippen LogP) is 1.88. The fourth-order valence-electron chi connectivity index (χ4n) is 3.71. The van der Waals surface area contributed by atoms with E-state index >= 15 is 0 Å². The van der Waals surface area contributed by atoms with Gasteiger partial charge in [0, 0.05) is 31.8 Å². The van der Waals surface area contributed by atoms with Gasteiger partial charge >= 0.3 is 0 Å². The van der Waals surface area contributed by atoms with E-state index in [0.29, 0.717) is 54.2 Å². The van der Waals surface area contributed by atoms with Crippen molar-refractivity contribution in [3.8, 4) is 5.69 Å². The van der Waals surface area contributed by atoms with E-state index in [1.54, 1.807) is 46.7 Å². The average Bonchev–Trinajstić information content (AvgIpc) is 2.99. The number of para-hydroxylation sites is 1. The molecule has 1 unspecified atom stereocenters. The molecular formula is C22H24N4O3. The van der Waals surface area contributed by atoms with Crippen LogP contribution in [-0.4, -0.2) is 52.7 Å². The van der Waals surface area contributed by atoms with Gasteiger partial charge in [-0.15, -0.1) is 0 Å². The predicted molar refractivity (Wildman–Crippen MR) is 111 cm³/mol. The first-order valence-electron chi connectivity index (χ1n) is 9.78. The van der Waals surface area contributed by atoms with Crippen LogP contribution in [0.2, 0.25) is 0 Å². The van der Waals surface area contributed by atoms with Gasteiger partial charge in [-0.3, -0.25) is 14.2 Å². The van der Waals surface area contributed by atoms with E-state index in [9.17, 15) is 9.59 Å². The maximum Gasteiger partial charge on any atom is 0.265 e. The van der Waals surface area contributed by atoms with Crippen LogP contribution in [0, 0.1) is 6.92 Å². The molecular weight excluding hydrogens is 368 g/mol. The second kappa shape index (κ2) is 8.14. The third-order valence-electron chi connectivity index (χ3n) is 5.22. The molecule has 1 saturated heterocycles. The number of hydrogen-bond donors (Lipinski definition) is 1. The molecule has 1 amide bonds. The van der Waals surface area contributed by atoms with Crippen LogP contribution in [0.15, 0.2) is 53.3 Å². The number of aryl methyl sites for hydroxylation is 1. The van der Waals surface area contributed by atoms with E-state index in [2.05, 4.69) is 4.98 Å². The number of aromatic nitrogens is 2. The molecule has 2 aromatic carbocycles. The highest BCUT2D eigenvalue weighted by molar-refractivity contribution is 5.94. The molecule has 7 heteroatoms. The average molecular weight is 392 g/mol. The van der Waals surface area contributed by atoms with Crippen molar-refractivity contribution in [2.24, 2.45) is 5.73 Å². The summed E-state index contributed by atoms with van der Waals surface area (Å²) in [7, 11) is 0. The Labute approximate surface area is 168 Å². The van der Waals surface area contributed by atoms with Crippen molar-refractivity contribution in [3.63, 3.8) is 0 Å². The molecule has 1 atom stereocenters. The van der Waals surface area contributed by atoms with E-state index < -0.39 is 0 Å². The van der Waals surface area contributed by atoms with E-state index in [-0.39, 0.29) is 17.6 Å². The van der Waals surface area contributed by atoms with Crippen molar-refractivity contribution in [1.29, 1.82) is 0 Å². The van der Waals surface area contributed by atoms with Crippen LogP contribution < -0.4 is 11.3 Å². The van der Waals surface area contributed by atoms with Crippen molar-refractivity contribution in [2.45, 2.75) is 19.4 Å². The van der Waals surface area contributed by atoms with Gasteiger partial charge in [-0.1, -0.05) is 12.1 Å². The monoisotopic (exact) mass is 392 g/mol. The van der Waals surface area contributed by atoms with Crippen molar-refractivity contribution >= 4 is 16.8 Å². The third kappa shape index (κ3) is 3.79. The number of ether oxygens (including phenoxy) is 1. The lowest BCUT2D eigenvalue weighted by Gasteiger charge is -2.23. The zero-order chi connectivity index (χ0) is 20.4. The zero-order valence-electron chi connectivity index (χ0n) is 16.4. The highest BCUT2D eigenvalue weighted by Crippen LogP contribution is 2.16. The Morgan fingerprint density at radius 1 is 1.21 bits per heavy atom. The Kier molecular flexibility index (Phi) is 5.42. The standard InChI is InChI=1S/C22H24N4O3/c1-15-24-20-6-3-2-5-19(20)22(28)26(15)17-9-7-16(8-10-17)21(27)25-11-4-12-29-18(13-23)14-25/h2-3,5-10,18H,4,11-14,23H2,1H3. The van der Waals surface area contributed by atoms with Crippen molar-refractivity contribution in [2.75, 3.05) is 26.2 Å². The molecule has 1 aliphatic heterocycles. The molecule has 2 heterocycles. The van der Waals surface area contributed by atoms with Gasteiger partial charge in [-0.05, 0) is 49.7 Å². The Balaban J connectivity index is 1.64. The molecule has 1 fully saturated rings. The van der Waals surface area contributed by atoms with Gasteiger partial charge in [0.05, 0.1) is 22.7 Å². The number of carbonyl (C=O) groups is 1. The molecule has 0 spiro atoms. The summed E-state index contributed by atoms with van der Waals surface area (Å²) in [5, 5.41) is 0.565. The SMILES string of the molecule is Cc1nc2ccccc2c(=O)n1-c1ccc(C(=O)N2CCCOC(CN)C2)cc1. The summed E-state index contributed by atoms with van der Waals surface area (Å²) >= 11 is 0. The highest BCUT2D eigenvalue weighted by atomic mass is 16.5. The molecule has 1 aromatic heterocycles. The van der Waals surface area contributed by atoms with E-state index in [4.69, 9.17) is 10.5 Å². The van der Waals surface area contributed by atoms with E-state index in [0.717, 1.165) is 6.42 Å². The summed E-state index contributed by atoms with van der Waals surface area (Å²) in [5.41, 5.74) is 7.54. The summed E-state index contributed by atoms with van der Waals surface area (Å²) in [5.74, 6) is 0.546. The normalized spacial score (nSPS) is 17.3. The van der Waals surface area contributed by atoms with Gasteiger partial charge in [0.25, 0.3) is 11.5 Å². The van der Waals surface area contributed by atoms with Gasteiger partial charge in [0.1, 0.15) is 5.82 Å². The van der Waals surface area contributed by atoms with Crippen molar-refractivity contribution in [3.05, 3.63) is 70.3 Å². The molecule has 2 N–H and O–H groups in total. The van der Waals surface area contributed by atoms with Crippen LogP contribution >= 0.6 is 0 Å². The molecule has 0 saturated carbocycles. The summed E-state index contributed by atoms with van der Waals surface area (Å²) in [6.45, 7) is 3.94. The number of carbonyl (C=O) groups excluding carboxylic acids is 1. The first-order valence-corrected chi connectivity index (χ1v) is 9.78. The molecule has 0 aliphatic carbocycles. The van der Waals surface area contributed by atoms with Crippen LogP contribution in [0.5, 0.6) is 0 Å². The number of fused-ring (bicyclic) bond motifs is 1. The zero-order valence-corrected chi connectivity index (χ0v) is 16.4. The van der Waals surface area contributed by atoms with Crippen LogP contribution in [0.3, 0.4) is 0 Å². The first kappa shape index (κ1) is 19.3. The minimum Gasteiger partial charge on any atom is -0.375 e. The van der Waals surface area contributed by atoms with Crippen LogP contribution in [0.1, 0.15) is 22.6 Å². The van der Waals surface area contributed by atoms with E-state index in [1.165, 1.54) is 0 Å². The topological polar surface area (TPSA) is 90.5 Å². The molecule has 150 valence electrons. The van der Waals surface area contributed by atoms with Crippen LogP contribution in [0.4, 0.5) is 0 Å². The number of amides is 1. The fraction of sp³-hybridized carbons (Fsp3) is 0.318. The summed E-state index contributed by atoms with van der Waals surface area (Å²) < 4.78 is 7.21. The number of nitrogens with two attached hydrogens (primary N) is 1. The number of rotatable bonds is 3. The van der Waals surface area contributed by atoms with Crippen molar-refractivity contribution < 1.29 is 9.53 Å².